The zero-order valence-corrected chi connectivity index (χ0v) is 32.7. The summed E-state index contributed by atoms with van der Waals surface area (Å²) in [5.74, 6) is 1.94. The molecule has 0 bridgehead atoms. The molecule has 59 heavy (non-hydrogen) atoms. The Morgan fingerprint density at radius 3 is 1.37 bits per heavy atom. The zero-order chi connectivity index (χ0) is 39.2. The molecule has 0 unspecified atom stereocenters. The standard InChI is InChI=1S/C56H37N3/c1-56(2)50-22-8-7-16-47(50)52-45(20-11-23-51(52)56)43-18-9-19-44-42(43)17-10-21-46(44)55-58-53(38-30-28-36-26-24-34-12-3-5-14-40(34)48(36)32-38)57-54(59-55)39-31-29-37-27-25-35-13-4-6-15-41(35)49(37)33-39/h3-33H,1-2H3. The van der Waals surface area contributed by atoms with Gasteiger partial charge >= 0.3 is 0 Å². The van der Waals surface area contributed by atoms with E-state index in [1.165, 1.54) is 81.9 Å². The van der Waals surface area contributed by atoms with Crippen LogP contribution in [0.5, 0.6) is 0 Å². The van der Waals surface area contributed by atoms with Crippen molar-refractivity contribution in [2.45, 2.75) is 19.3 Å². The minimum Gasteiger partial charge on any atom is -0.208 e. The van der Waals surface area contributed by atoms with Crippen LogP contribution in [0.1, 0.15) is 25.0 Å². The molecule has 12 rings (SSSR count). The van der Waals surface area contributed by atoms with Gasteiger partial charge in [-0.25, -0.2) is 15.0 Å². The molecule has 0 saturated carbocycles. The third kappa shape index (κ3) is 5.18. The van der Waals surface area contributed by atoms with Crippen molar-refractivity contribution in [2.24, 2.45) is 0 Å². The van der Waals surface area contributed by atoms with Gasteiger partial charge in [-0.15, -0.1) is 0 Å². The minimum absolute atomic E-state index is 0.0839. The molecule has 0 aliphatic heterocycles. The Labute approximate surface area is 342 Å². The van der Waals surface area contributed by atoms with E-state index < -0.39 is 0 Å². The average molecular weight is 752 g/mol. The minimum atomic E-state index is -0.0839. The fourth-order valence-corrected chi connectivity index (χ4v) is 9.76. The molecule has 1 aliphatic carbocycles. The Balaban J connectivity index is 1.09. The second-order valence-electron chi connectivity index (χ2n) is 16.4. The first-order valence-corrected chi connectivity index (χ1v) is 20.4. The van der Waals surface area contributed by atoms with Gasteiger partial charge in [0.25, 0.3) is 0 Å². The van der Waals surface area contributed by atoms with E-state index in [2.05, 4.69) is 202 Å². The topological polar surface area (TPSA) is 38.7 Å². The zero-order valence-electron chi connectivity index (χ0n) is 32.7. The smallest absolute Gasteiger partial charge is 0.164 e. The fourth-order valence-electron chi connectivity index (χ4n) is 9.76. The van der Waals surface area contributed by atoms with E-state index in [-0.39, 0.29) is 5.41 Å². The van der Waals surface area contributed by atoms with Gasteiger partial charge in [0.15, 0.2) is 17.5 Å². The van der Waals surface area contributed by atoms with Crippen LogP contribution in [-0.4, -0.2) is 15.0 Å². The molecule has 0 amide bonds. The molecular formula is C56H37N3. The van der Waals surface area contributed by atoms with Gasteiger partial charge in [-0.05, 0) is 99.4 Å². The molecule has 11 aromatic rings. The number of fused-ring (bicyclic) bond motifs is 10. The van der Waals surface area contributed by atoms with Crippen molar-refractivity contribution in [1.82, 2.24) is 15.0 Å². The van der Waals surface area contributed by atoms with Crippen LogP contribution in [0.3, 0.4) is 0 Å². The van der Waals surface area contributed by atoms with Crippen LogP contribution in [0.15, 0.2) is 188 Å². The highest BCUT2D eigenvalue weighted by atomic mass is 15.0. The molecule has 1 aromatic heterocycles. The third-order valence-electron chi connectivity index (χ3n) is 12.7. The molecule has 0 saturated heterocycles. The predicted octanol–water partition coefficient (Wildman–Crippen LogP) is 14.6. The average Bonchev–Trinajstić information content (AvgIpc) is 3.53. The van der Waals surface area contributed by atoms with E-state index in [1.54, 1.807) is 0 Å². The number of nitrogens with zero attached hydrogens (tertiary/aromatic N) is 3. The molecule has 1 aliphatic rings. The van der Waals surface area contributed by atoms with Crippen molar-refractivity contribution >= 4 is 53.9 Å². The summed E-state index contributed by atoms with van der Waals surface area (Å²) in [6.45, 7) is 4.68. The highest BCUT2D eigenvalue weighted by Crippen LogP contribution is 2.52. The molecule has 1 heterocycles. The van der Waals surface area contributed by atoms with Crippen LogP contribution in [0.2, 0.25) is 0 Å². The van der Waals surface area contributed by atoms with Crippen LogP contribution < -0.4 is 0 Å². The molecule has 3 heteroatoms. The molecule has 10 aromatic carbocycles. The maximum atomic E-state index is 5.34. The fraction of sp³-hybridized carbons (Fsp3) is 0.0536. The second-order valence-corrected chi connectivity index (χ2v) is 16.4. The summed E-state index contributed by atoms with van der Waals surface area (Å²) >= 11 is 0. The molecule has 0 atom stereocenters. The monoisotopic (exact) mass is 751 g/mol. The maximum absolute atomic E-state index is 5.34. The number of aromatic nitrogens is 3. The molecule has 0 N–H and O–H groups in total. The summed E-state index contributed by atoms with van der Waals surface area (Å²) in [6, 6.07) is 67.9. The van der Waals surface area contributed by atoms with Crippen LogP contribution >= 0.6 is 0 Å². The van der Waals surface area contributed by atoms with E-state index in [4.69, 9.17) is 15.0 Å². The first kappa shape index (κ1) is 33.6. The van der Waals surface area contributed by atoms with E-state index in [1.807, 2.05) is 0 Å². The SMILES string of the molecule is CC1(C)c2ccccc2-c2c(-c3cccc4c(-c5nc(-c6ccc7ccc8ccccc8c7c6)nc(-c6ccc7ccc8ccccc8c7c6)n5)cccc34)cccc21. The third-order valence-corrected chi connectivity index (χ3v) is 12.7. The van der Waals surface area contributed by atoms with Crippen molar-refractivity contribution in [2.75, 3.05) is 0 Å². The lowest BCUT2D eigenvalue weighted by Crippen LogP contribution is -2.14. The van der Waals surface area contributed by atoms with Gasteiger partial charge < -0.3 is 0 Å². The number of hydrogen-bond acceptors (Lipinski definition) is 3. The van der Waals surface area contributed by atoms with Gasteiger partial charge in [-0.2, -0.15) is 0 Å². The summed E-state index contributed by atoms with van der Waals surface area (Å²) in [7, 11) is 0. The van der Waals surface area contributed by atoms with E-state index in [0.717, 1.165) is 22.1 Å². The van der Waals surface area contributed by atoms with Crippen molar-refractivity contribution in [1.29, 1.82) is 0 Å². The van der Waals surface area contributed by atoms with E-state index >= 15 is 0 Å². The summed E-state index contributed by atoms with van der Waals surface area (Å²) in [4.78, 5) is 15.9. The lowest BCUT2D eigenvalue weighted by Gasteiger charge is -2.21. The lowest BCUT2D eigenvalue weighted by molar-refractivity contribution is 0.660. The molecule has 0 radical (unpaired) electrons. The molecule has 276 valence electrons. The van der Waals surface area contributed by atoms with Crippen LogP contribution in [-0.2, 0) is 5.41 Å². The normalized spacial score (nSPS) is 13.1. The first-order chi connectivity index (χ1) is 29.0. The second kappa shape index (κ2) is 12.8. The van der Waals surface area contributed by atoms with Crippen LogP contribution in [0, 0.1) is 0 Å². The van der Waals surface area contributed by atoms with Crippen molar-refractivity contribution in [3.05, 3.63) is 199 Å². The Kier molecular flexibility index (Phi) is 7.27. The van der Waals surface area contributed by atoms with Gasteiger partial charge in [0.05, 0.1) is 0 Å². The molecule has 0 spiro atoms. The number of benzene rings is 10. The summed E-state index contributed by atoms with van der Waals surface area (Å²) in [6.07, 6.45) is 0. The van der Waals surface area contributed by atoms with Crippen molar-refractivity contribution in [3.63, 3.8) is 0 Å². The van der Waals surface area contributed by atoms with Crippen molar-refractivity contribution < 1.29 is 0 Å². The van der Waals surface area contributed by atoms with Gasteiger partial charge in [0, 0.05) is 22.1 Å². The van der Waals surface area contributed by atoms with E-state index in [9.17, 15) is 0 Å². The Hall–Kier alpha value is -7.49. The molecular weight excluding hydrogens is 715 g/mol. The highest BCUT2D eigenvalue weighted by molar-refractivity contribution is 6.10. The Morgan fingerprint density at radius 2 is 0.729 bits per heavy atom. The van der Waals surface area contributed by atoms with Gasteiger partial charge in [0.1, 0.15) is 0 Å². The molecule has 3 nitrogen and oxygen atoms in total. The first-order valence-electron chi connectivity index (χ1n) is 20.4. The number of rotatable bonds is 4. The number of hydrogen-bond donors (Lipinski definition) is 0. The predicted molar refractivity (Wildman–Crippen MR) is 247 cm³/mol. The Morgan fingerprint density at radius 1 is 0.305 bits per heavy atom. The highest BCUT2D eigenvalue weighted by Gasteiger charge is 2.36. The largest absolute Gasteiger partial charge is 0.208 e. The summed E-state index contributed by atoms with van der Waals surface area (Å²) in [5, 5.41) is 11.8. The van der Waals surface area contributed by atoms with Gasteiger partial charge in [0.2, 0.25) is 0 Å². The van der Waals surface area contributed by atoms with E-state index in [0.29, 0.717) is 17.5 Å². The lowest BCUT2D eigenvalue weighted by atomic mass is 9.82. The van der Waals surface area contributed by atoms with Gasteiger partial charge in [-0.3, -0.25) is 0 Å². The van der Waals surface area contributed by atoms with Crippen molar-refractivity contribution in [3.8, 4) is 56.4 Å². The Bertz CT molecular complexity index is 3410. The van der Waals surface area contributed by atoms with Crippen LogP contribution in [0.4, 0.5) is 0 Å². The summed E-state index contributed by atoms with van der Waals surface area (Å²) < 4.78 is 0. The maximum Gasteiger partial charge on any atom is 0.164 e. The summed E-state index contributed by atoms with van der Waals surface area (Å²) in [5.41, 5.74) is 10.6. The van der Waals surface area contributed by atoms with Gasteiger partial charge in [-0.1, -0.05) is 190 Å². The van der Waals surface area contributed by atoms with Crippen LogP contribution in [0.25, 0.3) is 110 Å². The quantitative estimate of drug-likeness (QED) is 0.168. The molecule has 0 fully saturated rings.